The summed E-state index contributed by atoms with van der Waals surface area (Å²) in [6, 6.07) is 6.51. The molecule has 0 N–H and O–H groups in total. The molecule has 2 saturated carbocycles. The van der Waals surface area contributed by atoms with Crippen molar-refractivity contribution in [2.24, 2.45) is 28.6 Å². The highest BCUT2D eigenvalue weighted by molar-refractivity contribution is 5.97. The molecule has 4 aliphatic rings. The molecular formula is C29H33FO4. The van der Waals surface area contributed by atoms with Crippen LogP contribution in [0.15, 0.2) is 42.0 Å². The van der Waals surface area contributed by atoms with E-state index in [4.69, 9.17) is 4.74 Å². The first kappa shape index (κ1) is 23.2. The van der Waals surface area contributed by atoms with Gasteiger partial charge >= 0.3 is 5.97 Å². The van der Waals surface area contributed by atoms with Gasteiger partial charge in [-0.3, -0.25) is 14.4 Å². The molecule has 180 valence electrons. The number of fused-ring (bicyclic) bond motifs is 5. The number of esters is 1. The van der Waals surface area contributed by atoms with Gasteiger partial charge in [0.15, 0.2) is 17.2 Å². The maximum atomic E-state index is 13.7. The lowest BCUT2D eigenvalue weighted by molar-refractivity contribution is -0.185. The minimum absolute atomic E-state index is 0.0697. The Bertz CT molecular complexity index is 1130. The van der Waals surface area contributed by atoms with Crippen molar-refractivity contribution in [2.75, 3.05) is 0 Å². The summed E-state index contributed by atoms with van der Waals surface area (Å²) in [5, 5.41) is 0. The summed E-state index contributed by atoms with van der Waals surface area (Å²) in [6.07, 6.45) is 8.50. The van der Waals surface area contributed by atoms with Gasteiger partial charge in [-0.25, -0.2) is 4.39 Å². The van der Waals surface area contributed by atoms with Crippen molar-refractivity contribution < 1.29 is 23.5 Å². The van der Waals surface area contributed by atoms with Gasteiger partial charge in [-0.15, -0.1) is 0 Å². The number of benzene rings is 1. The fourth-order valence-corrected chi connectivity index (χ4v) is 8.08. The van der Waals surface area contributed by atoms with Crippen LogP contribution >= 0.6 is 0 Å². The zero-order chi connectivity index (χ0) is 24.5. The van der Waals surface area contributed by atoms with E-state index in [1.807, 2.05) is 6.08 Å². The number of hydrogen-bond acceptors (Lipinski definition) is 4. The van der Waals surface area contributed by atoms with Gasteiger partial charge in [0.2, 0.25) is 0 Å². The number of carbonyl (C=O) groups excluding carboxylic acids is 3. The minimum Gasteiger partial charge on any atom is -0.451 e. The Morgan fingerprint density at radius 3 is 2.32 bits per heavy atom. The molecule has 4 nitrogen and oxygen atoms in total. The molecule has 0 bridgehead atoms. The number of Topliss-reactive ketones (excluding diaryl/α,β-unsaturated/α-hetero) is 1. The normalized spacial score (nSPS) is 38.7. The Balaban J connectivity index is 1.66. The predicted octanol–water partition coefficient (Wildman–Crippen LogP) is 5.85. The molecule has 6 atom stereocenters. The quantitative estimate of drug-likeness (QED) is 0.527. The Morgan fingerprint density at radius 1 is 1.00 bits per heavy atom. The largest absolute Gasteiger partial charge is 0.451 e. The summed E-state index contributed by atoms with van der Waals surface area (Å²) in [5.41, 5.74) is 1.29. The molecule has 0 saturated heterocycles. The van der Waals surface area contributed by atoms with Crippen molar-refractivity contribution in [3.8, 4) is 0 Å². The zero-order valence-corrected chi connectivity index (χ0v) is 20.4. The molecule has 34 heavy (non-hydrogen) atoms. The third-order valence-electron chi connectivity index (χ3n) is 9.77. The topological polar surface area (TPSA) is 60.4 Å². The van der Waals surface area contributed by atoms with Crippen molar-refractivity contribution in [3.63, 3.8) is 0 Å². The van der Waals surface area contributed by atoms with Crippen LogP contribution in [0, 0.1) is 34.4 Å². The Kier molecular flexibility index (Phi) is 5.27. The third-order valence-corrected chi connectivity index (χ3v) is 9.77. The molecule has 1 aromatic carbocycles. The van der Waals surface area contributed by atoms with E-state index in [0.717, 1.165) is 42.4 Å². The van der Waals surface area contributed by atoms with Gasteiger partial charge in [0.1, 0.15) is 5.82 Å². The molecule has 0 unspecified atom stereocenters. The van der Waals surface area contributed by atoms with E-state index in [1.54, 1.807) is 19.1 Å². The first-order valence-corrected chi connectivity index (χ1v) is 12.5. The molecule has 2 fully saturated rings. The molecule has 0 spiro atoms. The molecule has 0 amide bonds. The van der Waals surface area contributed by atoms with Gasteiger partial charge in [-0.05, 0) is 97.1 Å². The van der Waals surface area contributed by atoms with Crippen LogP contribution in [0.1, 0.15) is 71.8 Å². The average Bonchev–Trinajstić information content (AvgIpc) is 3.07. The Labute approximate surface area is 200 Å². The van der Waals surface area contributed by atoms with Crippen LogP contribution in [0.4, 0.5) is 4.39 Å². The highest BCUT2D eigenvalue weighted by Crippen LogP contribution is 2.68. The van der Waals surface area contributed by atoms with Crippen molar-refractivity contribution >= 4 is 23.1 Å². The first-order valence-electron chi connectivity index (χ1n) is 12.5. The molecule has 0 aromatic heterocycles. The zero-order valence-electron chi connectivity index (χ0n) is 20.4. The highest BCUT2D eigenvalue weighted by Gasteiger charge is 2.67. The van der Waals surface area contributed by atoms with Crippen LogP contribution in [-0.4, -0.2) is 23.1 Å². The van der Waals surface area contributed by atoms with Crippen molar-refractivity contribution in [1.29, 1.82) is 0 Å². The van der Waals surface area contributed by atoms with Crippen LogP contribution in [0.25, 0.3) is 5.57 Å². The molecule has 0 radical (unpaired) electrons. The van der Waals surface area contributed by atoms with E-state index in [9.17, 15) is 18.8 Å². The number of carbonyl (C=O) groups is 3. The smallest absolute Gasteiger partial charge is 0.303 e. The van der Waals surface area contributed by atoms with E-state index >= 15 is 0 Å². The maximum absolute atomic E-state index is 13.7. The van der Waals surface area contributed by atoms with E-state index in [0.29, 0.717) is 18.8 Å². The Hall–Kier alpha value is -2.56. The third kappa shape index (κ3) is 3.11. The predicted molar refractivity (Wildman–Crippen MR) is 127 cm³/mol. The lowest BCUT2D eigenvalue weighted by Crippen LogP contribution is -2.58. The summed E-state index contributed by atoms with van der Waals surface area (Å²) in [7, 11) is 0. The van der Waals surface area contributed by atoms with Gasteiger partial charge in [-0.1, -0.05) is 32.1 Å². The molecule has 0 heterocycles. The second kappa shape index (κ2) is 7.73. The lowest BCUT2D eigenvalue weighted by atomic mass is 9.46. The SMILES string of the molecule is CC(=O)O[C@]1(C(C)=O)CC[C@H]2[C@@H]3C=C(c4ccc(F)cc4)C4=CC(=O)CC[C@]4(C)[C@H]3CC[C@@]21C. The van der Waals surface area contributed by atoms with Crippen LogP contribution in [-0.2, 0) is 19.1 Å². The van der Waals surface area contributed by atoms with Crippen molar-refractivity contribution in [2.45, 2.75) is 71.8 Å². The second-order valence-electron chi connectivity index (χ2n) is 11.3. The van der Waals surface area contributed by atoms with E-state index in [-0.39, 0.29) is 34.6 Å². The summed E-state index contributed by atoms with van der Waals surface area (Å²) >= 11 is 0. The summed E-state index contributed by atoms with van der Waals surface area (Å²) < 4.78 is 19.6. The van der Waals surface area contributed by atoms with Gasteiger partial charge in [0.25, 0.3) is 0 Å². The summed E-state index contributed by atoms with van der Waals surface area (Å²) in [5.74, 6) is 0.0864. The van der Waals surface area contributed by atoms with E-state index in [2.05, 4.69) is 19.9 Å². The van der Waals surface area contributed by atoms with Crippen molar-refractivity contribution in [1.82, 2.24) is 0 Å². The number of hydrogen-bond donors (Lipinski definition) is 0. The summed E-state index contributed by atoms with van der Waals surface area (Å²) in [6.45, 7) is 7.35. The number of rotatable bonds is 3. The fourth-order valence-electron chi connectivity index (χ4n) is 8.08. The van der Waals surface area contributed by atoms with Crippen LogP contribution in [0.2, 0.25) is 0 Å². The van der Waals surface area contributed by atoms with Crippen LogP contribution < -0.4 is 0 Å². The number of halogens is 1. The molecular weight excluding hydrogens is 431 g/mol. The van der Waals surface area contributed by atoms with Gasteiger partial charge in [0, 0.05) is 18.8 Å². The number of ether oxygens (including phenoxy) is 1. The van der Waals surface area contributed by atoms with E-state index < -0.39 is 17.0 Å². The second-order valence-corrected chi connectivity index (χ2v) is 11.3. The van der Waals surface area contributed by atoms with Crippen LogP contribution in [0.5, 0.6) is 0 Å². The standard InChI is InChI=1S/C29H33FO4/c1-17(31)29(34-18(2)32)14-11-25-23-16-22(19-5-7-20(30)8-6-19)26-15-21(33)9-12-27(26,3)24(23)10-13-28(25,29)4/h5-8,15-16,23-25H,9-14H2,1-4H3/t23-,24+,25+,27-,28+,29+/m1/s1. The van der Waals surface area contributed by atoms with Crippen LogP contribution in [0.3, 0.4) is 0 Å². The van der Waals surface area contributed by atoms with Gasteiger partial charge < -0.3 is 4.74 Å². The average molecular weight is 465 g/mol. The molecule has 1 aromatic rings. The minimum atomic E-state index is -1.09. The highest BCUT2D eigenvalue weighted by atomic mass is 19.1. The monoisotopic (exact) mass is 464 g/mol. The maximum Gasteiger partial charge on any atom is 0.303 e. The van der Waals surface area contributed by atoms with Gasteiger partial charge in [-0.2, -0.15) is 0 Å². The number of ketones is 2. The number of allylic oxidation sites excluding steroid dienone is 4. The Morgan fingerprint density at radius 2 is 1.68 bits per heavy atom. The van der Waals surface area contributed by atoms with E-state index in [1.165, 1.54) is 19.1 Å². The molecule has 5 heteroatoms. The molecule has 0 aliphatic heterocycles. The lowest BCUT2D eigenvalue weighted by Gasteiger charge is -2.58. The molecule has 4 aliphatic carbocycles. The molecule has 5 rings (SSSR count). The summed E-state index contributed by atoms with van der Waals surface area (Å²) in [4.78, 5) is 37.6. The van der Waals surface area contributed by atoms with Crippen molar-refractivity contribution in [3.05, 3.63) is 53.4 Å². The first-order chi connectivity index (χ1) is 16.0. The van der Waals surface area contributed by atoms with Gasteiger partial charge in [0.05, 0.1) is 0 Å². The fraction of sp³-hybridized carbons (Fsp3) is 0.552.